The van der Waals surface area contributed by atoms with Gasteiger partial charge in [-0.3, -0.25) is 13.9 Å². The maximum absolute atomic E-state index is 15.6. The number of nitrogens with one attached hydrogen (secondary N) is 1. The lowest BCUT2D eigenvalue weighted by Crippen LogP contribution is -2.49. The van der Waals surface area contributed by atoms with Gasteiger partial charge in [0.1, 0.15) is 5.69 Å². The van der Waals surface area contributed by atoms with Crippen LogP contribution in [-0.2, 0) is 13.9 Å². The van der Waals surface area contributed by atoms with Gasteiger partial charge in [0, 0.05) is 37.9 Å². The SMILES string of the molecule is COc1c(N2CCNC(C)C2)c(F)cc2c(=O)c(C(=S)OCCCC(P(=O)(O)O)P(=O)(O)O)cn(C3CC3)c12. The molecule has 0 amide bonds. The summed E-state index contributed by atoms with van der Waals surface area (Å²) in [4.78, 5) is 52.5. The molecule has 4 rings (SSSR count). The second kappa shape index (κ2) is 11.5. The molecule has 1 atom stereocenters. The van der Waals surface area contributed by atoms with Crippen LogP contribution in [0.15, 0.2) is 17.1 Å². The molecule has 2 aromatic rings. The van der Waals surface area contributed by atoms with E-state index in [-0.39, 0.29) is 46.9 Å². The van der Waals surface area contributed by atoms with Gasteiger partial charge in [0.15, 0.2) is 22.0 Å². The van der Waals surface area contributed by atoms with Crippen LogP contribution in [0.5, 0.6) is 5.75 Å². The molecule has 12 nitrogen and oxygen atoms in total. The number of thiocarbonyl (C=S) groups is 1. The van der Waals surface area contributed by atoms with Gasteiger partial charge in [-0.05, 0) is 50.9 Å². The molecule has 1 saturated carbocycles. The molecule has 1 aliphatic carbocycles. The van der Waals surface area contributed by atoms with Crippen molar-refractivity contribution in [1.29, 1.82) is 0 Å². The predicted molar refractivity (Wildman–Crippen MR) is 147 cm³/mol. The van der Waals surface area contributed by atoms with Crippen LogP contribution in [0.25, 0.3) is 10.9 Å². The van der Waals surface area contributed by atoms with Crippen molar-refractivity contribution in [2.45, 2.75) is 50.1 Å². The zero-order valence-electron chi connectivity index (χ0n) is 21.4. The first-order valence-corrected chi connectivity index (χ1v) is 16.2. The number of halogens is 1. The lowest BCUT2D eigenvalue weighted by atomic mass is 10.1. The highest BCUT2D eigenvalue weighted by Crippen LogP contribution is 2.61. The van der Waals surface area contributed by atoms with Crippen molar-refractivity contribution in [2.75, 3.05) is 38.3 Å². The van der Waals surface area contributed by atoms with Crippen molar-refractivity contribution in [3.05, 3.63) is 33.9 Å². The van der Waals surface area contributed by atoms with Crippen molar-refractivity contribution in [1.82, 2.24) is 9.88 Å². The number of nitrogens with zero attached hydrogens (tertiary/aromatic N) is 2. The standard InChI is InChI=1S/C23H32FN3O9P2S/c1-13-11-26(8-7-25-13)20-17(24)10-15-19(22(20)35-2)27(14-5-6-14)12-16(21(15)28)23(39)36-9-3-4-18(37(29,30)31)38(32,33)34/h10,12-14,18,25H,3-9,11H2,1-2H3,(H2,29,30,31)(H2,32,33,34). The number of benzene rings is 1. The first-order valence-electron chi connectivity index (χ1n) is 12.4. The summed E-state index contributed by atoms with van der Waals surface area (Å²) in [6.07, 6.45) is 2.59. The summed E-state index contributed by atoms with van der Waals surface area (Å²) < 4.78 is 51.6. The molecule has 1 aromatic heterocycles. The smallest absolute Gasteiger partial charge is 0.340 e. The molecule has 1 saturated heterocycles. The molecule has 1 aromatic carbocycles. The van der Waals surface area contributed by atoms with E-state index in [4.69, 9.17) is 21.7 Å². The first-order chi connectivity index (χ1) is 18.2. The number of hydrogen-bond acceptors (Lipinski definition) is 8. The van der Waals surface area contributed by atoms with Gasteiger partial charge in [0.05, 0.1) is 30.2 Å². The van der Waals surface area contributed by atoms with Crippen molar-refractivity contribution in [3.63, 3.8) is 0 Å². The fourth-order valence-electron chi connectivity index (χ4n) is 4.89. The van der Waals surface area contributed by atoms with Crippen molar-refractivity contribution in [3.8, 4) is 5.75 Å². The molecule has 216 valence electrons. The van der Waals surface area contributed by atoms with E-state index in [1.54, 1.807) is 6.20 Å². The number of piperazine rings is 1. The van der Waals surface area contributed by atoms with E-state index in [0.29, 0.717) is 30.8 Å². The zero-order valence-corrected chi connectivity index (χ0v) is 24.1. The van der Waals surface area contributed by atoms with E-state index in [2.05, 4.69) is 5.32 Å². The van der Waals surface area contributed by atoms with Gasteiger partial charge in [-0.1, -0.05) is 0 Å². The number of hydrogen-bond donors (Lipinski definition) is 5. The molecule has 0 radical (unpaired) electrons. The lowest BCUT2D eigenvalue weighted by molar-refractivity contribution is 0.294. The Balaban J connectivity index is 1.65. The molecule has 0 spiro atoms. The van der Waals surface area contributed by atoms with Gasteiger partial charge in [-0.2, -0.15) is 0 Å². The van der Waals surface area contributed by atoms with E-state index in [1.807, 2.05) is 16.4 Å². The molecule has 16 heteroatoms. The number of methoxy groups -OCH3 is 1. The maximum Gasteiger partial charge on any atom is 0.340 e. The molecule has 5 N–H and O–H groups in total. The van der Waals surface area contributed by atoms with Crippen LogP contribution in [0.2, 0.25) is 0 Å². The highest BCUT2D eigenvalue weighted by atomic mass is 32.1. The summed E-state index contributed by atoms with van der Waals surface area (Å²) in [7, 11) is -8.67. The Labute approximate surface area is 229 Å². The Kier molecular flexibility index (Phi) is 8.90. The van der Waals surface area contributed by atoms with Crippen LogP contribution in [0.4, 0.5) is 10.1 Å². The number of pyridine rings is 1. The summed E-state index contributed by atoms with van der Waals surface area (Å²) in [6, 6.07) is 1.38. The largest absolute Gasteiger partial charge is 0.492 e. The van der Waals surface area contributed by atoms with E-state index in [0.717, 1.165) is 12.8 Å². The first kappa shape index (κ1) is 30.1. The molecule has 0 bridgehead atoms. The molecule has 2 aliphatic rings. The normalized spacial score (nSPS) is 18.6. The third-order valence-corrected chi connectivity index (χ3v) is 11.1. The van der Waals surface area contributed by atoms with Crippen LogP contribution in [0.3, 0.4) is 0 Å². The molecule has 1 aliphatic heterocycles. The van der Waals surface area contributed by atoms with Crippen LogP contribution in [-0.4, -0.2) is 74.0 Å². The summed E-state index contributed by atoms with van der Waals surface area (Å²) >= 11 is 5.32. The van der Waals surface area contributed by atoms with Crippen molar-refractivity contribution < 1.29 is 42.6 Å². The van der Waals surface area contributed by atoms with Gasteiger partial charge in [0.25, 0.3) is 0 Å². The quantitative estimate of drug-likeness (QED) is 0.152. The molecule has 39 heavy (non-hydrogen) atoms. The van der Waals surface area contributed by atoms with Crippen LogP contribution < -0.4 is 20.4 Å². The van der Waals surface area contributed by atoms with Crippen LogP contribution in [0.1, 0.15) is 44.2 Å². The topological polar surface area (TPSA) is 171 Å². The third-order valence-electron chi connectivity index (χ3n) is 6.86. The zero-order chi connectivity index (χ0) is 28.7. The minimum Gasteiger partial charge on any atom is -0.492 e. The summed E-state index contributed by atoms with van der Waals surface area (Å²) in [6.45, 7) is 3.56. The second-order valence-corrected chi connectivity index (χ2v) is 14.3. The summed E-state index contributed by atoms with van der Waals surface area (Å²) in [5, 5.41) is 1.04. The van der Waals surface area contributed by atoms with E-state index < -0.39 is 38.3 Å². The summed E-state index contributed by atoms with van der Waals surface area (Å²) in [5.41, 5.74) is 0.206. The molecular formula is C23H32FN3O9P2S. The van der Waals surface area contributed by atoms with Crippen molar-refractivity contribution in [2.24, 2.45) is 0 Å². The Hall–Kier alpha value is -1.89. The Morgan fingerprint density at radius 1 is 1.26 bits per heavy atom. The molecule has 2 heterocycles. The predicted octanol–water partition coefficient (Wildman–Crippen LogP) is 2.44. The fourth-order valence-corrected chi connectivity index (χ4v) is 7.73. The average Bonchev–Trinajstić information content (AvgIpc) is 3.67. The highest BCUT2D eigenvalue weighted by Gasteiger charge is 2.42. The molecular weight excluding hydrogens is 575 g/mol. The molecule has 1 unspecified atom stereocenters. The Morgan fingerprint density at radius 3 is 2.49 bits per heavy atom. The number of aromatic nitrogens is 1. The number of rotatable bonds is 10. The maximum atomic E-state index is 15.6. The lowest BCUT2D eigenvalue weighted by Gasteiger charge is -2.35. The van der Waals surface area contributed by atoms with E-state index >= 15 is 4.39 Å². The average molecular weight is 608 g/mol. The van der Waals surface area contributed by atoms with Crippen LogP contribution >= 0.6 is 27.4 Å². The number of ether oxygens (including phenoxy) is 2. The van der Waals surface area contributed by atoms with Gasteiger partial charge >= 0.3 is 15.2 Å². The van der Waals surface area contributed by atoms with Gasteiger partial charge in [-0.25, -0.2) is 4.39 Å². The van der Waals surface area contributed by atoms with E-state index in [9.17, 15) is 33.5 Å². The molecule has 2 fully saturated rings. The van der Waals surface area contributed by atoms with Crippen LogP contribution in [0, 0.1) is 5.82 Å². The Morgan fingerprint density at radius 2 is 1.92 bits per heavy atom. The fraction of sp³-hybridized carbons (Fsp3) is 0.565. The third kappa shape index (κ3) is 6.55. The Bertz CT molecular complexity index is 1400. The minimum absolute atomic E-state index is 0.0101. The van der Waals surface area contributed by atoms with Gasteiger partial charge < -0.3 is 43.8 Å². The highest BCUT2D eigenvalue weighted by molar-refractivity contribution is 7.80. The van der Waals surface area contributed by atoms with E-state index in [1.165, 1.54) is 13.2 Å². The number of fused-ring (bicyclic) bond motifs is 1. The van der Waals surface area contributed by atoms with Gasteiger partial charge in [-0.15, -0.1) is 0 Å². The number of anilines is 1. The second-order valence-electron chi connectivity index (χ2n) is 9.88. The van der Waals surface area contributed by atoms with Gasteiger partial charge in [0.2, 0.25) is 5.43 Å². The van der Waals surface area contributed by atoms with Crippen molar-refractivity contribution >= 4 is 49.1 Å². The monoisotopic (exact) mass is 607 g/mol. The summed E-state index contributed by atoms with van der Waals surface area (Å²) in [5.74, 6) is -0.333. The minimum atomic E-state index is -5.06.